The zero-order valence-corrected chi connectivity index (χ0v) is 26.5. The molecule has 1 aliphatic heterocycles. The second kappa shape index (κ2) is 14.9. The molecule has 0 aromatic heterocycles. The SMILES string of the molecule is CS[C@@H]1C[C@H](COC2CCCCC2)N(Cc2ccc(C(=O)N[C@@H](CCS(C)(=O)=O)C(=O)O)c(-c3ccccc3C)c2)C1. The quantitative estimate of drug-likeness (QED) is 0.326. The minimum atomic E-state index is -3.38. The number of aliphatic carboxylic acids is 1. The molecule has 1 saturated carbocycles. The number of carbonyl (C=O) groups is 2. The van der Waals surface area contributed by atoms with E-state index in [1.54, 1.807) is 6.07 Å². The molecule has 0 spiro atoms. The van der Waals surface area contributed by atoms with E-state index in [1.165, 1.54) is 19.3 Å². The highest BCUT2D eigenvalue weighted by atomic mass is 32.2. The summed E-state index contributed by atoms with van der Waals surface area (Å²) in [5.74, 6) is -2.13. The fourth-order valence-corrected chi connectivity index (χ4v) is 7.42. The van der Waals surface area contributed by atoms with E-state index in [1.807, 2.05) is 55.1 Å². The van der Waals surface area contributed by atoms with Gasteiger partial charge >= 0.3 is 5.97 Å². The molecule has 1 heterocycles. The predicted molar refractivity (Wildman–Crippen MR) is 169 cm³/mol. The number of hydrogen-bond acceptors (Lipinski definition) is 7. The number of nitrogens with zero attached hydrogens (tertiary/aromatic N) is 1. The summed E-state index contributed by atoms with van der Waals surface area (Å²) in [5, 5.41) is 12.8. The number of sulfone groups is 1. The molecule has 2 aliphatic rings. The zero-order valence-electron chi connectivity index (χ0n) is 24.9. The average molecular weight is 617 g/mol. The van der Waals surface area contributed by atoms with Crippen molar-refractivity contribution in [3.8, 4) is 11.1 Å². The lowest BCUT2D eigenvalue weighted by Gasteiger charge is -2.28. The van der Waals surface area contributed by atoms with Gasteiger partial charge in [-0.05, 0) is 73.2 Å². The van der Waals surface area contributed by atoms with Crippen LogP contribution in [-0.2, 0) is 25.9 Å². The van der Waals surface area contributed by atoms with Gasteiger partial charge in [-0.2, -0.15) is 11.8 Å². The van der Waals surface area contributed by atoms with E-state index < -0.39 is 27.8 Å². The van der Waals surface area contributed by atoms with Gasteiger partial charge in [-0.3, -0.25) is 9.69 Å². The Hall–Kier alpha value is -2.40. The Kier molecular flexibility index (Phi) is 11.5. The molecule has 0 bridgehead atoms. The molecule has 2 aromatic rings. The molecule has 2 aromatic carbocycles. The van der Waals surface area contributed by atoms with Gasteiger partial charge < -0.3 is 15.2 Å². The van der Waals surface area contributed by atoms with Crippen LogP contribution in [0.3, 0.4) is 0 Å². The van der Waals surface area contributed by atoms with Gasteiger partial charge in [-0.1, -0.05) is 49.6 Å². The van der Waals surface area contributed by atoms with Gasteiger partial charge in [0.25, 0.3) is 5.91 Å². The van der Waals surface area contributed by atoms with Crippen LogP contribution in [0.5, 0.6) is 0 Å². The molecule has 1 saturated heterocycles. The highest BCUT2D eigenvalue weighted by molar-refractivity contribution is 7.99. The van der Waals surface area contributed by atoms with Crippen molar-refractivity contribution in [3.63, 3.8) is 0 Å². The van der Waals surface area contributed by atoms with Crippen molar-refractivity contribution in [2.45, 2.75) is 81.9 Å². The Labute approximate surface area is 254 Å². The Morgan fingerprint density at radius 2 is 1.86 bits per heavy atom. The molecule has 4 rings (SSSR count). The smallest absolute Gasteiger partial charge is 0.326 e. The maximum atomic E-state index is 13.5. The zero-order chi connectivity index (χ0) is 30.3. The van der Waals surface area contributed by atoms with Crippen molar-refractivity contribution < 1.29 is 27.9 Å². The monoisotopic (exact) mass is 616 g/mol. The summed E-state index contributed by atoms with van der Waals surface area (Å²) in [6.45, 7) is 4.42. The number of likely N-dealkylation sites (tertiary alicyclic amines) is 1. The molecule has 0 radical (unpaired) electrons. The van der Waals surface area contributed by atoms with Crippen LogP contribution in [0.2, 0.25) is 0 Å². The minimum absolute atomic E-state index is 0.201. The molecule has 1 aliphatic carbocycles. The molecule has 0 unspecified atom stereocenters. The number of ether oxygens (including phenoxy) is 1. The van der Waals surface area contributed by atoms with E-state index in [-0.39, 0.29) is 12.2 Å². The van der Waals surface area contributed by atoms with Crippen molar-refractivity contribution >= 4 is 33.5 Å². The number of rotatable bonds is 13. The summed E-state index contributed by atoms with van der Waals surface area (Å²) in [4.78, 5) is 27.8. The van der Waals surface area contributed by atoms with Gasteiger partial charge in [-0.25, -0.2) is 13.2 Å². The van der Waals surface area contributed by atoms with Gasteiger partial charge in [0, 0.05) is 36.2 Å². The maximum Gasteiger partial charge on any atom is 0.326 e. The number of nitrogens with one attached hydrogen (secondary N) is 1. The van der Waals surface area contributed by atoms with Gasteiger partial charge in [0.15, 0.2) is 0 Å². The lowest BCUT2D eigenvalue weighted by atomic mass is 9.93. The van der Waals surface area contributed by atoms with Gasteiger partial charge in [0.1, 0.15) is 15.9 Å². The third-order valence-electron chi connectivity index (χ3n) is 8.43. The van der Waals surface area contributed by atoms with Crippen LogP contribution in [0, 0.1) is 6.92 Å². The van der Waals surface area contributed by atoms with E-state index in [0.717, 1.165) is 67.5 Å². The van der Waals surface area contributed by atoms with Crippen molar-refractivity contribution in [1.29, 1.82) is 0 Å². The average Bonchev–Trinajstić information content (AvgIpc) is 3.35. The van der Waals surface area contributed by atoms with Crippen molar-refractivity contribution in [2.24, 2.45) is 0 Å². The molecule has 2 N–H and O–H groups in total. The van der Waals surface area contributed by atoms with Crippen molar-refractivity contribution in [1.82, 2.24) is 10.2 Å². The Bertz CT molecular complexity index is 1340. The predicted octanol–water partition coefficient (Wildman–Crippen LogP) is 4.93. The highest BCUT2D eigenvalue weighted by Crippen LogP contribution is 2.32. The number of aryl methyl sites for hydroxylation is 1. The molecule has 42 heavy (non-hydrogen) atoms. The molecule has 8 nitrogen and oxygen atoms in total. The van der Waals surface area contributed by atoms with Crippen molar-refractivity contribution in [3.05, 3.63) is 59.2 Å². The third-order valence-corrected chi connectivity index (χ3v) is 10.4. The summed E-state index contributed by atoms with van der Waals surface area (Å²) >= 11 is 1.90. The molecule has 10 heteroatoms. The first-order valence-corrected chi connectivity index (χ1v) is 18.2. The number of carboxylic acids is 1. The van der Waals surface area contributed by atoms with E-state index in [9.17, 15) is 23.1 Å². The molecular weight excluding hydrogens is 572 g/mol. The van der Waals surface area contributed by atoms with Crippen LogP contribution in [0.15, 0.2) is 42.5 Å². The van der Waals surface area contributed by atoms with Crippen LogP contribution in [0.4, 0.5) is 0 Å². The van der Waals surface area contributed by atoms with E-state index in [2.05, 4.69) is 16.5 Å². The van der Waals surface area contributed by atoms with Crippen LogP contribution < -0.4 is 5.32 Å². The number of benzene rings is 2. The Morgan fingerprint density at radius 1 is 1.12 bits per heavy atom. The minimum Gasteiger partial charge on any atom is -0.480 e. The lowest BCUT2D eigenvalue weighted by molar-refractivity contribution is -0.139. The largest absolute Gasteiger partial charge is 0.480 e. The normalized spacial score (nSPS) is 20.8. The number of carbonyl (C=O) groups excluding carboxylic acids is 1. The molecule has 1 amide bonds. The fraction of sp³-hybridized carbons (Fsp3) is 0.562. The lowest BCUT2D eigenvalue weighted by Crippen LogP contribution is -2.42. The molecule has 3 atom stereocenters. The Morgan fingerprint density at radius 3 is 2.52 bits per heavy atom. The first kappa shape index (κ1) is 32.5. The fourth-order valence-electron chi connectivity index (χ4n) is 6.00. The summed E-state index contributed by atoms with van der Waals surface area (Å²) in [5.41, 5.74) is 4.05. The topological polar surface area (TPSA) is 113 Å². The van der Waals surface area contributed by atoms with Gasteiger partial charge in [0.2, 0.25) is 0 Å². The molecule has 2 fully saturated rings. The standard InChI is InChI=1S/C32H44N2O6S2/c1-22-9-7-8-12-27(22)29-17-23(13-14-28(29)31(35)33-30(32(36)37)15-16-42(3,38)39)19-34-20-26(41-2)18-24(34)21-40-25-10-5-4-6-11-25/h7-9,12-14,17,24-26,30H,4-6,10-11,15-16,18-21H2,1-3H3,(H,33,35)(H,36,37)/t24-,26-,30+/m1/s1. The second-order valence-corrected chi connectivity index (χ2v) is 15.1. The number of hydrogen-bond donors (Lipinski definition) is 2. The second-order valence-electron chi connectivity index (χ2n) is 11.7. The van der Waals surface area contributed by atoms with E-state index in [4.69, 9.17) is 4.74 Å². The first-order chi connectivity index (χ1) is 20.0. The molecule has 230 valence electrons. The Balaban J connectivity index is 1.57. The van der Waals surface area contributed by atoms with Gasteiger partial charge in [0.05, 0.1) is 18.5 Å². The highest BCUT2D eigenvalue weighted by Gasteiger charge is 2.33. The van der Waals surface area contributed by atoms with Crippen LogP contribution in [0.1, 0.15) is 66.4 Å². The number of amides is 1. The summed E-state index contributed by atoms with van der Waals surface area (Å²) in [7, 11) is -3.38. The van der Waals surface area contributed by atoms with Crippen LogP contribution in [0.25, 0.3) is 11.1 Å². The number of thioether (sulfide) groups is 1. The number of carboxylic acid groups (broad SMARTS) is 1. The van der Waals surface area contributed by atoms with Gasteiger partial charge in [-0.15, -0.1) is 0 Å². The van der Waals surface area contributed by atoms with E-state index in [0.29, 0.717) is 23.0 Å². The first-order valence-electron chi connectivity index (χ1n) is 14.8. The van der Waals surface area contributed by atoms with Crippen LogP contribution >= 0.6 is 11.8 Å². The van der Waals surface area contributed by atoms with Crippen molar-refractivity contribution in [2.75, 3.05) is 31.4 Å². The summed E-state index contributed by atoms with van der Waals surface area (Å²) in [6.07, 6.45) is 10.6. The summed E-state index contributed by atoms with van der Waals surface area (Å²) < 4.78 is 29.7. The maximum absolute atomic E-state index is 13.5. The van der Waals surface area contributed by atoms with Crippen LogP contribution in [-0.4, -0.2) is 85.2 Å². The third kappa shape index (κ3) is 9.05. The summed E-state index contributed by atoms with van der Waals surface area (Å²) in [6, 6.07) is 12.6. The molecular formula is C32H44N2O6S2. The van der Waals surface area contributed by atoms with E-state index >= 15 is 0 Å².